The van der Waals surface area contributed by atoms with Gasteiger partial charge in [-0.3, -0.25) is 28.8 Å². The predicted octanol–water partition coefficient (Wildman–Crippen LogP) is 6.90. The number of pyridine rings is 1. The summed E-state index contributed by atoms with van der Waals surface area (Å²) in [5.74, 6) is -5.34. The summed E-state index contributed by atoms with van der Waals surface area (Å²) in [6.45, 7) is 3.32. The lowest BCUT2D eigenvalue weighted by Crippen LogP contribution is -2.50. The molecule has 22 nitrogen and oxygen atoms in total. The van der Waals surface area contributed by atoms with E-state index >= 15 is 0 Å². The second-order valence-corrected chi connectivity index (χ2v) is 24.5. The fourth-order valence-corrected chi connectivity index (χ4v) is 14.1. The van der Waals surface area contributed by atoms with Crippen LogP contribution in [0.15, 0.2) is 93.6 Å². The van der Waals surface area contributed by atoms with E-state index < -0.39 is 84.2 Å². The normalized spacial score (nSPS) is 18.1. The summed E-state index contributed by atoms with van der Waals surface area (Å²) in [6, 6.07) is 13.3. The molecule has 0 radical (unpaired) electrons. The first-order valence-electron chi connectivity index (χ1n) is 24.7. The summed E-state index contributed by atoms with van der Waals surface area (Å²) in [5, 5.41) is 54.5. The molecular weight excluding hydrogens is 1190 g/mol. The third-order valence-corrected chi connectivity index (χ3v) is 18.8. The molecule has 6 amide bonds. The Hall–Kier alpha value is -7.80. The molecule has 0 unspecified atom stereocenters. The van der Waals surface area contributed by atoms with Gasteiger partial charge in [-0.25, -0.2) is 34.9 Å². The number of nitrogens with zero attached hydrogens (tertiary/aromatic N) is 7. The zero-order chi connectivity index (χ0) is 57.9. The topological polar surface area (TPSA) is 353 Å². The fraction of sp³-hybridized carbons (Fsp3) is 0.226. The molecule has 1 aliphatic rings. The largest absolute Gasteiger partial charge is 0.508 e. The van der Waals surface area contributed by atoms with Gasteiger partial charge in [0.15, 0.2) is 0 Å². The van der Waals surface area contributed by atoms with Crippen molar-refractivity contribution in [3.63, 3.8) is 0 Å². The average molecular weight is 1240 g/mol. The predicted molar refractivity (Wildman–Crippen MR) is 312 cm³/mol. The van der Waals surface area contributed by atoms with Crippen molar-refractivity contribution in [3.05, 3.63) is 147 Å². The molecule has 2 aromatic carbocycles. The Morgan fingerprint density at radius 3 is 1.95 bits per heavy atom. The van der Waals surface area contributed by atoms with Gasteiger partial charge >= 0.3 is 0 Å². The number of hydrogen-bond donors (Lipinski definition) is 9. The lowest BCUT2D eigenvalue weighted by atomic mass is 9.96. The number of phenolic OH excluding ortho intramolecular Hbond substituents is 1. The monoisotopic (exact) mass is 1240 g/mol. The minimum absolute atomic E-state index is 0.0195. The van der Waals surface area contributed by atoms with Crippen LogP contribution in [0, 0.1) is 12.8 Å². The van der Waals surface area contributed by atoms with E-state index in [1.165, 1.54) is 50.9 Å². The number of aromatic nitrogens is 7. The second-order valence-electron chi connectivity index (χ2n) is 18.6. The number of aromatic hydroxyl groups is 1. The first-order chi connectivity index (χ1) is 39.4. The number of nitrogens with one attached hydrogen (secondary N) is 4. The van der Waals surface area contributed by atoms with E-state index in [0.717, 1.165) is 45.3 Å². The summed E-state index contributed by atoms with van der Waals surface area (Å²) in [6.07, 6.45) is -3.03. The first-order valence-corrected chi connectivity index (χ1v) is 30.5. The maximum Gasteiger partial charge on any atom is 0.271 e. The summed E-state index contributed by atoms with van der Waals surface area (Å²) >= 11 is 12.9. The number of fused-ring (bicyclic) bond motifs is 14. The molecule has 0 spiro atoms. The van der Waals surface area contributed by atoms with E-state index in [4.69, 9.17) is 43.0 Å². The number of nitrogens with two attached hydrogens (primary N) is 2. The number of carbonyl (C=O) groups excluding carboxylic acids is 6. The first kappa shape index (κ1) is 57.4. The van der Waals surface area contributed by atoms with Gasteiger partial charge in [-0.05, 0) is 42.3 Å². The Morgan fingerprint density at radius 1 is 0.622 bits per heavy atom. The summed E-state index contributed by atoms with van der Waals surface area (Å²) < 4.78 is 0. The van der Waals surface area contributed by atoms with Crippen molar-refractivity contribution >= 4 is 115 Å². The van der Waals surface area contributed by atoms with E-state index in [1.54, 1.807) is 79.2 Å². The van der Waals surface area contributed by atoms with Crippen LogP contribution in [-0.4, -0.2) is 104 Å². The number of halogens is 1. The standard InChI is InChI=1S/C53H46ClN13O9S6/c1-22(36(69)16-54)38-52-64-35(21-81-52)50-60-31(17-78-50)40-27(12-13-28(57-40)49-61-32(18-79-49)43(56)72)48-62-33(19-77-48)46(75)59-30(15-37(55)70)51-67-39(23(2)82-51)47(76)66-41(42(71)25-6-4-3-5-7-25)53-63-34(20-80-53)45(74)58-29(44(73)65-38)14-24-8-10-26(68)11-9-24/h3-13,17-22,29-30,36,38,41-42,68-69,71H,14-16H2,1-2H3,(H2,55,70)(H2,56,72)(H,58,74)(H,59,75)(H,65,73)(H,66,76)/t22-,29-,30-,36-,38-,41-,42+/m0/s1. The number of alkyl halides is 1. The van der Waals surface area contributed by atoms with Gasteiger partial charge in [0.25, 0.3) is 23.6 Å². The van der Waals surface area contributed by atoms with Gasteiger partial charge in [-0.15, -0.1) is 79.6 Å². The van der Waals surface area contributed by atoms with Crippen LogP contribution in [0.1, 0.15) is 111 Å². The molecule has 0 fully saturated rings. The molecule has 9 aromatic rings. The van der Waals surface area contributed by atoms with Crippen LogP contribution in [0.3, 0.4) is 0 Å². The summed E-state index contributed by atoms with van der Waals surface area (Å²) in [7, 11) is 0. The maximum absolute atomic E-state index is 14.8. The Morgan fingerprint density at radius 2 is 1.24 bits per heavy atom. The number of benzene rings is 2. The van der Waals surface area contributed by atoms with Gasteiger partial charge in [-0.2, -0.15) is 0 Å². The van der Waals surface area contributed by atoms with Crippen LogP contribution in [0.25, 0.3) is 43.4 Å². The molecule has 10 rings (SSSR count). The van der Waals surface area contributed by atoms with Gasteiger partial charge < -0.3 is 48.1 Å². The maximum atomic E-state index is 14.8. The number of rotatable bonds is 11. The Balaban J connectivity index is 1.08. The molecule has 8 heterocycles. The summed E-state index contributed by atoms with van der Waals surface area (Å²) in [4.78, 5) is 116. The Bertz CT molecular complexity index is 3860. The van der Waals surface area contributed by atoms with Gasteiger partial charge in [-0.1, -0.05) is 49.4 Å². The molecule has 0 saturated carbocycles. The highest BCUT2D eigenvalue weighted by Crippen LogP contribution is 2.40. The van der Waals surface area contributed by atoms with Crippen molar-refractivity contribution < 1.29 is 44.1 Å². The lowest BCUT2D eigenvalue weighted by Gasteiger charge is -2.28. The number of hydrogen-bond acceptors (Lipinski definition) is 22. The Kier molecular flexibility index (Phi) is 17.3. The van der Waals surface area contributed by atoms with Crippen molar-refractivity contribution in [2.24, 2.45) is 17.4 Å². The van der Waals surface area contributed by atoms with Crippen LogP contribution >= 0.6 is 79.6 Å². The number of phenols is 1. The second kappa shape index (κ2) is 24.7. The van der Waals surface area contributed by atoms with Gasteiger partial charge in [0.2, 0.25) is 11.8 Å². The smallest absolute Gasteiger partial charge is 0.271 e. The minimum atomic E-state index is -1.42. The molecule has 0 saturated heterocycles. The number of thiazole rings is 6. The van der Waals surface area contributed by atoms with Crippen LogP contribution in [0.2, 0.25) is 0 Å². The molecule has 11 N–H and O–H groups in total. The van der Waals surface area contributed by atoms with Crippen LogP contribution < -0.4 is 32.7 Å². The quantitative estimate of drug-likeness (QED) is 0.0595. The number of amides is 6. The zero-order valence-corrected chi connectivity index (χ0v) is 48.5. The van der Waals surface area contributed by atoms with Gasteiger partial charge in [0, 0.05) is 55.6 Å². The van der Waals surface area contributed by atoms with Gasteiger partial charge in [0.1, 0.15) is 93.8 Å². The van der Waals surface area contributed by atoms with Gasteiger partial charge in [0.05, 0.1) is 30.3 Å². The van der Waals surface area contributed by atoms with Crippen LogP contribution in [0.5, 0.6) is 5.75 Å². The van der Waals surface area contributed by atoms with Crippen molar-refractivity contribution in [1.29, 1.82) is 0 Å². The van der Waals surface area contributed by atoms with E-state index in [0.29, 0.717) is 64.4 Å². The van der Waals surface area contributed by atoms with Crippen LogP contribution in [-0.2, 0) is 16.0 Å². The van der Waals surface area contributed by atoms with Crippen LogP contribution in [0.4, 0.5) is 0 Å². The molecule has 82 heavy (non-hydrogen) atoms. The molecule has 7 atom stereocenters. The van der Waals surface area contributed by atoms with Crippen molar-refractivity contribution in [2.75, 3.05) is 5.88 Å². The van der Waals surface area contributed by atoms with Crippen molar-refractivity contribution in [1.82, 2.24) is 56.2 Å². The number of aliphatic hydroxyl groups excluding tert-OH is 2. The number of carbonyl (C=O) groups is 6. The zero-order valence-electron chi connectivity index (χ0n) is 42.8. The number of aryl methyl sites for hydroxylation is 1. The third kappa shape index (κ3) is 12.6. The molecule has 10 bridgehead atoms. The van der Waals surface area contributed by atoms with E-state index in [9.17, 15) is 44.1 Å². The lowest BCUT2D eigenvalue weighted by molar-refractivity contribution is -0.124. The Labute approximate surface area is 494 Å². The molecule has 1 aliphatic heterocycles. The van der Waals surface area contributed by atoms with Crippen molar-refractivity contribution in [2.45, 2.75) is 63.1 Å². The molecule has 0 aliphatic carbocycles. The summed E-state index contributed by atoms with van der Waals surface area (Å²) in [5.41, 5.74) is 14.0. The van der Waals surface area contributed by atoms with Crippen molar-refractivity contribution in [3.8, 4) is 49.1 Å². The molecular formula is C53H46ClN13O9S6. The van der Waals surface area contributed by atoms with E-state index in [-0.39, 0.29) is 50.8 Å². The minimum Gasteiger partial charge on any atom is -0.508 e. The fourth-order valence-electron chi connectivity index (χ4n) is 8.60. The SMILES string of the molecule is Cc1sc2nc1C(=O)N[C@@H]([C@H](O)c1ccccc1)c1nc(cs1)C(=O)N[C@@H](Cc1ccc(O)cc1)C(=O)N[C@@H]([C@@H](C)[C@@H](O)CCl)c1nc(cs1)-c1nc(cs1)-c1nc(-c3nc(C(N)=O)cs3)ccc1-c1nc(cs1)C(=O)N[C@H]2CC(N)=O. The highest BCUT2D eigenvalue weighted by Gasteiger charge is 2.35. The molecule has 7 aromatic heterocycles. The number of aliphatic hydroxyl groups is 2. The highest BCUT2D eigenvalue weighted by atomic mass is 35.5. The highest BCUT2D eigenvalue weighted by molar-refractivity contribution is 7.15. The average Bonchev–Trinajstić information content (AvgIpc) is 4.44. The molecule has 420 valence electrons. The number of primary amides is 2. The molecule has 29 heteroatoms. The van der Waals surface area contributed by atoms with E-state index in [2.05, 4.69) is 36.2 Å². The van der Waals surface area contributed by atoms with E-state index in [1.807, 2.05) is 0 Å². The third-order valence-electron chi connectivity index (χ3n) is 13.0.